The second-order valence-corrected chi connectivity index (χ2v) is 11.7. The normalized spacial score (nSPS) is 14.5. The third-order valence-electron chi connectivity index (χ3n) is 6.19. The van der Waals surface area contributed by atoms with Gasteiger partial charge in [0, 0.05) is 25.0 Å². The maximum Gasteiger partial charge on any atom is 0.408 e. The summed E-state index contributed by atoms with van der Waals surface area (Å²) in [4.78, 5) is 57.1. The van der Waals surface area contributed by atoms with Crippen molar-refractivity contribution in [2.75, 3.05) is 20.2 Å². The summed E-state index contributed by atoms with van der Waals surface area (Å²) < 4.78 is 10.5. The molecule has 0 saturated carbocycles. The van der Waals surface area contributed by atoms with Crippen molar-refractivity contribution < 1.29 is 28.7 Å². The third-order valence-corrected chi connectivity index (χ3v) is 7.15. The van der Waals surface area contributed by atoms with Gasteiger partial charge >= 0.3 is 18.1 Å². The van der Waals surface area contributed by atoms with Gasteiger partial charge in [-0.3, -0.25) is 4.79 Å². The fraction of sp³-hybridized carbons (Fsp3) is 0.741. The highest BCUT2D eigenvalue weighted by atomic mass is 32.1. The summed E-state index contributed by atoms with van der Waals surface area (Å²) in [6.45, 7) is 17.3. The van der Waals surface area contributed by atoms with Crippen molar-refractivity contribution in [3.05, 3.63) is 16.1 Å². The van der Waals surface area contributed by atoms with Gasteiger partial charge in [0.2, 0.25) is 5.91 Å². The SMILES string of the molecule is CCNC(=O)NC(CC(C(C)C)N(C)C(=O)C(NC(=O)OC(C)(C)C)C(C)CC)c1nc(C(=O)OCC)cs1. The van der Waals surface area contributed by atoms with Gasteiger partial charge in [0.05, 0.1) is 12.6 Å². The highest BCUT2D eigenvalue weighted by molar-refractivity contribution is 7.09. The summed E-state index contributed by atoms with van der Waals surface area (Å²) in [7, 11) is 1.70. The number of hydrogen-bond acceptors (Lipinski definition) is 8. The molecule has 0 aliphatic carbocycles. The molecule has 0 radical (unpaired) electrons. The molecule has 12 heteroatoms. The van der Waals surface area contributed by atoms with Gasteiger partial charge in [-0.05, 0) is 52.9 Å². The molecule has 222 valence electrons. The summed E-state index contributed by atoms with van der Waals surface area (Å²) in [5.41, 5.74) is -0.531. The Bertz CT molecular complexity index is 961. The zero-order valence-electron chi connectivity index (χ0n) is 25.0. The topological polar surface area (TPSA) is 139 Å². The predicted molar refractivity (Wildman–Crippen MR) is 152 cm³/mol. The van der Waals surface area contributed by atoms with E-state index >= 15 is 0 Å². The molecule has 4 atom stereocenters. The van der Waals surface area contributed by atoms with Crippen LogP contribution in [0.15, 0.2) is 5.38 Å². The minimum absolute atomic E-state index is 0.00100. The Labute approximate surface area is 236 Å². The standard InChI is InChI=1S/C27H47N5O6S/c1-11-17(6)21(31-26(36)38-27(7,8)9)23(33)32(10)20(16(4)5)14-18(30-25(35)28-12-2)22-29-19(15-39-22)24(34)37-13-3/h15-18,20-21H,11-14H2,1-10H3,(H,31,36)(H2,28,30,35). The molecule has 11 nitrogen and oxygen atoms in total. The van der Waals surface area contributed by atoms with Gasteiger partial charge in [0.15, 0.2) is 5.69 Å². The Balaban J connectivity index is 3.28. The van der Waals surface area contributed by atoms with Gasteiger partial charge in [0.1, 0.15) is 16.7 Å². The number of alkyl carbamates (subject to hydrolysis) is 1. The smallest absolute Gasteiger partial charge is 0.408 e. The van der Waals surface area contributed by atoms with E-state index in [2.05, 4.69) is 20.9 Å². The summed E-state index contributed by atoms with van der Waals surface area (Å²) in [6, 6.07) is -2.07. The van der Waals surface area contributed by atoms with E-state index in [0.29, 0.717) is 24.4 Å². The maximum absolute atomic E-state index is 13.8. The van der Waals surface area contributed by atoms with Gasteiger partial charge in [-0.15, -0.1) is 11.3 Å². The van der Waals surface area contributed by atoms with Crippen molar-refractivity contribution >= 4 is 35.3 Å². The monoisotopic (exact) mass is 569 g/mol. The van der Waals surface area contributed by atoms with Crippen LogP contribution >= 0.6 is 11.3 Å². The van der Waals surface area contributed by atoms with Crippen LogP contribution in [0, 0.1) is 11.8 Å². The van der Waals surface area contributed by atoms with E-state index in [9.17, 15) is 19.2 Å². The number of hydrogen-bond donors (Lipinski definition) is 3. The van der Waals surface area contributed by atoms with Crippen molar-refractivity contribution in [3.8, 4) is 0 Å². The van der Waals surface area contributed by atoms with E-state index in [1.807, 2.05) is 34.6 Å². The molecule has 0 aromatic carbocycles. The van der Waals surface area contributed by atoms with Gasteiger partial charge in [0.25, 0.3) is 0 Å². The highest BCUT2D eigenvalue weighted by Gasteiger charge is 2.36. The number of carbonyl (C=O) groups excluding carboxylic acids is 4. The molecule has 0 saturated heterocycles. The largest absolute Gasteiger partial charge is 0.461 e. The van der Waals surface area contributed by atoms with Crippen LogP contribution in [-0.2, 0) is 14.3 Å². The van der Waals surface area contributed by atoms with Crippen LogP contribution in [0.25, 0.3) is 0 Å². The molecule has 0 aliphatic heterocycles. The number of esters is 1. The van der Waals surface area contributed by atoms with Crippen LogP contribution in [0.1, 0.15) is 96.7 Å². The Kier molecular flexibility index (Phi) is 13.7. The number of likely N-dealkylation sites (N-methyl/N-ethyl adjacent to an activating group) is 1. The first kappa shape index (κ1) is 34.1. The van der Waals surface area contributed by atoms with Crippen LogP contribution in [0.2, 0.25) is 0 Å². The molecule has 4 unspecified atom stereocenters. The van der Waals surface area contributed by atoms with Crippen molar-refractivity contribution in [3.63, 3.8) is 0 Å². The molecule has 4 amide bonds. The number of nitrogens with zero attached hydrogens (tertiary/aromatic N) is 2. The number of thiazole rings is 1. The van der Waals surface area contributed by atoms with Crippen LogP contribution in [0.4, 0.5) is 9.59 Å². The summed E-state index contributed by atoms with van der Waals surface area (Å²) >= 11 is 1.24. The second-order valence-electron chi connectivity index (χ2n) is 10.9. The zero-order chi connectivity index (χ0) is 29.9. The van der Waals surface area contributed by atoms with Crippen LogP contribution in [0.3, 0.4) is 0 Å². The lowest BCUT2D eigenvalue weighted by Crippen LogP contribution is -2.55. The molecule has 1 aromatic rings. The molecule has 1 rings (SSSR count). The van der Waals surface area contributed by atoms with Crippen molar-refractivity contribution in [1.82, 2.24) is 25.8 Å². The third kappa shape index (κ3) is 11.0. The molecule has 0 bridgehead atoms. The zero-order valence-corrected chi connectivity index (χ0v) is 25.9. The summed E-state index contributed by atoms with van der Waals surface area (Å²) in [5, 5.41) is 10.6. The van der Waals surface area contributed by atoms with Crippen molar-refractivity contribution in [2.24, 2.45) is 11.8 Å². The fourth-order valence-electron chi connectivity index (χ4n) is 3.96. The number of urea groups is 1. The van der Waals surface area contributed by atoms with E-state index in [0.717, 1.165) is 0 Å². The lowest BCUT2D eigenvalue weighted by molar-refractivity contribution is -0.136. The molecular formula is C27H47N5O6S. The number of amides is 4. The number of aromatic nitrogens is 1. The average Bonchev–Trinajstić information content (AvgIpc) is 3.33. The second kappa shape index (κ2) is 15.6. The number of rotatable bonds is 13. The van der Waals surface area contributed by atoms with Crippen molar-refractivity contribution in [1.29, 1.82) is 0 Å². The number of nitrogens with one attached hydrogen (secondary N) is 3. The highest BCUT2D eigenvalue weighted by Crippen LogP contribution is 2.28. The molecule has 0 aliphatic rings. The van der Waals surface area contributed by atoms with E-state index in [4.69, 9.17) is 9.47 Å². The molecule has 1 aromatic heterocycles. The molecule has 0 spiro atoms. The average molecular weight is 570 g/mol. The molecular weight excluding hydrogens is 522 g/mol. The Morgan fingerprint density at radius 1 is 1.08 bits per heavy atom. The first-order valence-corrected chi connectivity index (χ1v) is 14.5. The number of carbonyl (C=O) groups is 4. The van der Waals surface area contributed by atoms with E-state index in [1.54, 1.807) is 45.0 Å². The van der Waals surface area contributed by atoms with Crippen molar-refractivity contribution in [2.45, 2.75) is 98.9 Å². The maximum atomic E-state index is 13.8. The van der Waals surface area contributed by atoms with Crippen LogP contribution in [0.5, 0.6) is 0 Å². The first-order chi connectivity index (χ1) is 18.1. The molecule has 3 N–H and O–H groups in total. The predicted octanol–water partition coefficient (Wildman–Crippen LogP) is 4.49. The molecule has 39 heavy (non-hydrogen) atoms. The minimum Gasteiger partial charge on any atom is -0.461 e. The molecule has 0 fully saturated rings. The van der Waals surface area contributed by atoms with E-state index in [1.165, 1.54) is 11.3 Å². The van der Waals surface area contributed by atoms with Gasteiger partial charge in [-0.25, -0.2) is 19.4 Å². The van der Waals surface area contributed by atoms with Crippen LogP contribution in [-0.4, -0.2) is 71.8 Å². The summed E-state index contributed by atoms with van der Waals surface area (Å²) in [6.07, 6.45) is 0.358. The van der Waals surface area contributed by atoms with Gasteiger partial charge in [-0.2, -0.15) is 0 Å². The van der Waals surface area contributed by atoms with E-state index < -0.39 is 29.7 Å². The van der Waals surface area contributed by atoms with Gasteiger partial charge in [-0.1, -0.05) is 34.1 Å². The Morgan fingerprint density at radius 3 is 2.23 bits per heavy atom. The lowest BCUT2D eigenvalue weighted by Gasteiger charge is -2.37. The lowest BCUT2D eigenvalue weighted by atomic mass is 9.92. The summed E-state index contributed by atoms with van der Waals surface area (Å²) in [5.74, 6) is -0.928. The Morgan fingerprint density at radius 2 is 1.72 bits per heavy atom. The fourth-order valence-corrected chi connectivity index (χ4v) is 4.81. The van der Waals surface area contributed by atoms with Gasteiger partial charge < -0.3 is 30.3 Å². The quantitative estimate of drug-likeness (QED) is 0.297. The van der Waals surface area contributed by atoms with E-state index in [-0.39, 0.29) is 42.1 Å². The number of ether oxygens (including phenoxy) is 2. The minimum atomic E-state index is -0.791. The Hall–Kier alpha value is -2.89. The first-order valence-electron chi connectivity index (χ1n) is 13.6. The molecule has 1 heterocycles. The van der Waals surface area contributed by atoms with Crippen LogP contribution < -0.4 is 16.0 Å².